The summed E-state index contributed by atoms with van der Waals surface area (Å²) in [5.41, 5.74) is 8.06. The Balaban J connectivity index is 1.90. The number of hydrogen-bond donors (Lipinski definition) is 2. The van der Waals surface area contributed by atoms with Crippen molar-refractivity contribution in [1.29, 1.82) is 0 Å². The summed E-state index contributed by atoms with van der Waals surface area (Å²) in [6.07, 6.45) is 3.72. The molecule has 0 fully saturated rings. The third-order valence-electron chi connectivity index (χ3n) is 2.95. The highest BCUT2D eigenvalue weighted by Gasteiger charge is 2.10. The van der Waals surface area contributed by atoms with E-state index in [9.17, 15) is 0 Å². The Kier molecular flexibility index (Phi) is 3.20. The molecule has 0 unspecified atom stereocenters. The molecule has 1 aromatic carbocycles. The molecular weight excluding hydrogens is 254 g/mol. The first-order valence-electron chi connectivity index (χ1n) is 6.49. The fraction of sp³-hybridized carbons (Fsp3) is 0.214. The van der Waals surface area contributed by atoms with Gasteiger partial charge in [0.2, 0.25) is 5.95 Å². The molecule has 0 saturated carbocycles. The third-order valence-corrected chi connectivity index (χ3v) is 2.95. The van der Waals surface area contributed by atoms with Crippen LogP contribution in [0.25, 0.3) is 11.2 Å². The van der Waals surface area contributed by atoms with Gasteiger partial charge in [-0.25, -0.2) is 4.98 Å². The van der Waals surface area contributed by atoms with Gasteiger partial charge in [-0.15, -0.1) is 0 Å². The lowest BCUT2D eigenvalue weighted by molar-refractivity contribution is 0.468. The smallest absolute Gasteiger partial charge is 0.250 e. The van der Waals surface area contributed by atoms with E-state index < -0.39 is 0 Å². The standard InChI is InChI=1S/C14H15N5O/c1-2-3-9-4-6-10(7-5-9)20-13-11-12(17-8-16-11)18-14(15)19-13/h4-8H,2-3H2,1H3,(H3,15,16,17,18,19). The van der Waals surface area contributed by atoms with Crippen LogP contribution >= 0.6 is 0 Å². The Hall–Kier alpha value is -2.63. The molecule has 0 saturated heterocycles. The predicted molar refractivity (Wildman–Crippen MR) is 76.6 cm³/mol. The fourth-order valence-corrected chi connectivity index (χ4v) is 2.02. The number of imidazole rings is 1. The van der Waals surface area contributed by atoms with Gasteiger partial charge in [0.1, 0.15) is 11.3 Å². The van der Waals surface area contributed by atoms with Crippen molar-refractivity contribution in [1.82, 2.24) is 19.9 Å². The first-order chi connectivity index (χ1) is 9.76. The van der Waals surface area contributed by atoms with Crippen LogP contribution in [0.3, 0.4) is 0 Å². The Morgan fingerprint density at radius 1 is 1.20 bits per heavy atom. The van der Waals surface area contributed by atoms with Crippen LogP contribution in [-0.2, 0) is 6.42 Å². The monoisotopic (exact) mass is 269 g/mol. The molecule has 0 bridgehead atoms. The zero-order valence-corrected chi connectivity index (χ0v) is 11.1. The minimum absolute atomic E-state index is 0.141. The van der Waals surface area contributed by atoms with Gasteiger partial charge in [-0.2, -0.15) is 9.97 Å². The van der Waals surface area contributed by atoms with Gasteiger partial charge in [-0.1, -0.05) is 25.5 Å². The molecule has 2 heterocycles. The number of nitrogens with one attached hydrogen (secondary N) is 1. The molecule has 2 aromatic heterocycles. The molecule has 3 N–H and O–H groups in total. The van der Waals surface area contributed by atoms with E-state index in [-0.39, 0.29) is 5.95 Å². The number of H-pyrrole nitrogens is 1. The number of ether oxygens (including phenoxy) is 1. The second kappa shape index (κ2) is 5.16. The van der Waals surface area contributed by atoms with E-state index in [2.05, 4.69) is 26.9 Å². The average Bonchev–Trinajstić information content (AvgIpc) is 2.89. The minimum Gasteiger partial charge on any atom is -0.437 e. The summed E-state index contributed by atoms with van der Waals surface area (Å²) in [4.78, 5) is 15.1. The number of benzene rings is 1. The van der Waals surface area contributed by atoms with Gasteiger partial charge in [0.15, 0.2) is 5.65 Å². The minimum atomic E-state index is 0.141. The number of aryl methyl sites for hydroxylation is 1. The van der Waals surface area contributed by atoms with Crippen molar-refractivity contribution in [2.75, 3.05) is 5.73 Å². The maximum absolute atomic E-state index is 5.76. The lowest BCUT2D eigenvalue weighted by Gasteiger charge is -2.06. The van der Waals surface area contributed by atoms with Crippen LogP contribution in [0.4, 0.5) is 5.95 Å². The Bertz CT molecular complexity index is 720. The number of nitrogens with zero attached hydrogens (tertiary/aromatic N) is 3. The van der Waals surface area contributed by atoms with Gasteiger partial charge in [-0.05, 0) is 24.1 Å². The quantitative estimate of drug-likeness (QED) is 0.760. The fourth-order valence-electron chi connectivity index (χ4n) is 2.02. The largest absolute Gasteiger partial charge is 0.437 e. The van der Waals surface area contributed by atoms with E-state index >= 15 is 0 Å². The summed E-state index contributed by atoms with van der Waals surface area (Å²) in [7, 11) is 0. The highest BCUT2D eigenvalue weighted by atomic mass is 16.5. The number of aromatic nitrogens is 4. The van der Waals surface area contributed by atoms with Gasteiger partial charge in [0, 0.05) is 0 Å². The van der Waals surface area contributed by atoms with Crippen LogP contribution in [-0.4, -0.2) is 19.9 Å². The van der Waals surface area contributed by atoms with E-state index in [1.54, 1.807) is 0 Å². The summed E-state index contributed by atoms with van der Waals surface area (Å²) < 4.78 is 5.76. The first kappa shape index (κ1) is 12.4. The van der Waals surface area contributed by atoms with Crippen LogP contribution < -0.4 is 10.5 Å². The molecule has 3 aromatic rings. The van der Waals surface area contributed by atoms with Gasteiger partial charge >= 0.3 is 0 Å². The van der Waals surface area contributed by atoms with Crippen molar-refractivity contribution in [2.45, 2.75) is 19.8 Å². The van der Waals surface area contributed by atoms with E-state index in [0.29, 0.717) is 22.8 Å². The van der Waals surface area contributed by atoms with Crippen LogP contribution in [0.2, 0.25) is 0 Å². The number of fused-ring (bicyclic) bond motifs is 1. The van der Waals surface area contributed by atoms with Crippen molar-refractivity contribution in [3.63, 3.8) is 0 Å². The summed E-state index contributed by atoms with van der Waals surface area (Å²) in [5, 5.41) is 0. The molecule has 6 nitrogen and oxygen atoms in total. The zero-order chi connectivity index (χ0) is 13.9. The maximum atomic E-state index is 5.76. The zero-order valence-electron chi connectivity index (χ0n) is 11.1. The molecule has 0 aliphatic heterocycles. The highest BCUT2D eigenvalue weighted by Crippen LogP contribution is 2.26. The number of rotatable bonds is 4. The SMILES string of the molecule is CCCc1ccc(Oc2nc(N)nc3nc[nH]c23)cc1. The second-order valence-electron chi connectivity index (χ2n) is 4.48. The number of hydrogen-bond acceptors (Lipinski definition) is 5. The topological polar surface area (TPSA) is 89.7 Å². The summed E-state index contributed by atoms with van der Waals surface area (Å²) in [6, 6.07) is 7.94. The van der Waals surface area contributed by atoms with Crippen molar-refractivity contribution in [3.05, 3.63) is 36.2 Å². The number of aromatic amines is 1. The van der Waals surface area contributed by atoms with Crippen LogP contribution in [0.1, 0.15) is 18.9 Å². The molecule has 0 amide bonds. The Morgan fingerprint density at radius 3 is 2.75 bits per heavy atom. The summed E-state index contributed by atoms with van der Waals surface area (Å²) in [6.45, 7) is 2.16. The van der Waals surface area contributed by atoms with Crippen LogP contribution in [0, 0.1) is 0 Å². The maximum Gasteiger partial charge on any atom is 0.250 e. The van der Waals surface area contributed by atoms with Crippen molar-refractivity contribution < 1.29 is 4.74 Å². The lowest BCUT2D eigenvalue weighted by atomic mass is 10.1. The van der Waals surface area contributed by atoms with Crippen molar-refractivity contribution in [2.24, 2.45) is 0 Å². The number of nitrogens with two attached hydrogens (primary N) is 1. The summed E-state index contributed by atoms with van der Waals surface area (Å²) in [5.74, 6) is 1.23. The second-order valence-corrected chi connectivity index (χ2v) is 4.48. The van der Waals surface area contributed by atoms with Crippen molar-refractivity contribution in [3.8, 4) is 11.6 Å². The third kappa shape index (κ3) is 2.40. The van der Waals surface area contributed by atoms with E-state index in [1.165, 1.54) is 11.9 Å². The van der Waals surface area contributed by atoms with Gasteiger partial charge < -0.3 is 15.5 Å². The van der Waals surface area contributed by atoms with E-state index in [1.807, 2.05) is 24.3 Å². The molecule has 102 valence electrons. The van der Waals surface area contributed by atoms with Gasteiger partial charge in [0.25, 0.3) is 5.88 Å². The van der Waals surface area contributed by atoms with Crippen LogP contribution in [0.5, 0.6) is 11.6 Å². The highest BCUT2D eigenvalue weighted by molar-refractivity contribution is 5.77. The number of nitrogen functional groups attached to an aromatic ring is 1. The Morgan fingerprint density at radius 2 is 2.00 bits per heavy atom. The molecule has 20 heavy (non-hydrogen) atoms. The molecule has 0 aliphatic carbocycles. The molecule has 0 spiro atoms. The van der Waals surface area contributed by atoms with Gasteiger partial charge in [0.05, 0.1) is 6.33 Å². The lowest BCUT2D eigenvalue weighted by Crippen LogP contribution is -1.98. The average molecular weight is 269 g/mol. The van der Waals surface area contributed by atoms with Crippen molar-refractivity contribution >= 4 is 17.1 Å². The summed E-state index contributed by atoms with van der Waals surface area (Å²) >= 11 is 0. The number of anilines is 1. The van der Waals surface area contributed by atoms with E-state index in [4.69, 9.17) is 10.5 Å². The van der Waals surface area contributed by atoms with Gasteiger partial charge in [-0.3, -0.25) is 0 Å². The molecular formula is C14H15N5O. The van der Waals surface area contributed by atoms with E-state index in [0.717, 1.165) is 12.8 Å². The normalized spacial score (nSPS) is 10.8. The molecule has 6 heteroatoms. The Labute approximate surface area is 116 Å². The molecule has 3 rings (SSSR count). The molecule has 0 aliphatic rings. The molecule has 0 atom stereocenters. The predicted octanol–water partition coefficient (Wildman–Crippen LogP) is 2.68. The first-order valence-corrected chi connectivity index (χ1v) is 6.49. The molecule has 0 radical (unpaired) electrons. The van der Waals surface area contributed by atoms with Crippen LogP contribution in [0.15, 0.2) is 30.6 Å².